The molecule has 1 aromatic heterocycles. The summed E-state index contributed by atoms with van der Waals surface area (Å²) < 4.78 is 0. The average molecular weight is 234 g/mol. The molecule has 1 aromatic carbocycles. The van der Waals surface area contributed by atoms with Gasteiger partial charge in [-0.05, 0) is 18.2 Å². The maximum Gasteiger partial charge on any atom is 0.335 e. The minimum atomic E-state index is -0.968. The highest BCUT2D eigenvalue weighted by Crippen LogP contribution is 2.23. The van der Waals surface area contributed by atoms with Crippen LogP contribution < -0.4 is 0 Å². The van der Waals surface area contributed by atoms with Crippen molar-refractivity contribution < 1.29 is 15.0 Å². The van der Waals surface area contributed by atoms with Crippen LogP contribution in [0.25, 0.3) is 11.0 Å². The van der Waals surface area contributed by atoms with Crippen LogP contribution >= 0.6 is 0 Å². The molecule has 0 atom stereocenters. The number of nitrogens with zero attached hydrogens (tertiary/aromatic N) is 1. The van der Waals surface area contributed by atoms with Crippen LogP contribution in [0.1, 0.15) is 30.0 Å². The summed E-state index contributed by atoms with van der Waals surface area (Å²) in [5.41, 5.74) is 1.12. The first-order chi connectivity index (χ1) is 7.94. The Balaban J connectivity index is 2.54. The third-order valence-corrected chi connectivity index (χ3v) is 2.77. The van der Waals surface area contributed by atoms with Gasteiger partial charge in [0.1, 0.15) is 5.82 Å². The summed E-state index contributed by atoms with van der Waals surface area (Å²) in [5.74, 6) is -0.318. The van der Waals surface area contributed by atoms with Crippen molar-refractivity contribution in [3.63, 3.8) is 0 Å². The number of imidazole rings is 1. The first-order valence-electron chi connectivity index (χ1n) is 5.28. The summed E-state index contributed by atoms with van der Waals surface area (Å²) in [6.45, 7) is 3.70. The number of hydrogen-bond donors (Lipinski definition) is 3. The molecule has 5 nitrogen and oxygen atoms in total. The smallest absolute Gasteiger partial charge is 0.335 e. The number of nitrogens with one attached hydrogen (secondary N) is 1. The minimum Gasteiger partial charge on any atom is -0.478 e. The van der Waals surface area contributed by atoms with E-state index in [1.807, 2.05) is 13.8 Å². The van der Waals surface area contributed by atoms with Crippen LogP contribution in [0.15, 0.2) is 18.2 Å². The monoisotopic (exact) mass is 234 g/mol. The number of aromatic nitrogens is 2. The predicted molar refractivity (Wildman–Crippen MR) is 63.2 cm³/mol. The predicted octanol–water partition coefficient (Wildman–Crippen LogP) is 1.53. The highest BCUT2D eigenvalue weighted by atomic mass is 16.4. The lowest BCUT2D eigenvalue weighted by Crippen LogP contribution is -2.23. The number of benzene rings is 1. The first-order valence-corrected chi connectivity index (χ1v) is 5.28. The number of fused-ring (bicyclic) bond motifs is 1. The number of rotatable bonds is 3. The van der Waals surface area contributed by atoms with Gasteiger partial charge in [-0.1, -0.05) is 13.8 Å². The zero-order valence-corrected chi connectivity index (χ0v) is 9.69. The molecule has 0 saturated carbocycles. The molecule has 0 aliphatic heterocycles. The van der Waals surface area contributed by atoms with E-state index in [9.17, 15) is 9.90 Å². The standard InChI is InChI=1S/C12H14N2O3/c1-12(2,6-15)11-13-8-4-3-7(10(16)17)5-9(8)14-11/h3-5,15H,6H2,1-2H3,(H,13,14)(H,16,17). The molecule has 0 fully saturated rings. The van der Waals surface area contributed by atoms with Crippen LogP contribution in [-0.4, -0.2) is 32.8 Å². The molecule has 5 heteroatoms. The van der Waals surface area contributed by atoms with Crippen LogP contribution in [0.2, 0.25) is 0 Å². The van der Waals surface area contributed by atoms with Crippen molar-refractivity contribution in [2.24, 2.45) is 0 Å². The van der Waals surface area contributed by atoms with E-state index in [0.29, 0.717) is 16.9 Å². The van der Waals surface area contributed by atoms with Gasteiger partial charge in [0.25, 0.3) is 0 Å². The second kappa shape index (κ2) is 3.85. The van der Waals surface area contributed by atoms with Gasteiger partial charge in [0.15, 0.2) is 0 Å². The van der Waals surface area contributed by atoms with Crippen molar-refractivity contribution in [1.29, 1.82) is 0 Å². The summed E-state index contributed by atoms with van der Waals surface area (Å²) in [6.07, 6.45) is 0. The Bertz CT molecular complexity index is 572. The highest BCUT2D eigenvalue weighted by molar-refractivity contribution is 5.92. The van der Waals surface area contributed by atoms with Crippen LogP contribution in [0.3, 0.4) is 0 Å². The van der Waals surface area contributed by atoms with E-state index >= 15 is 0 Å². The Morgan fingerprint density at radius 3 is 2.76 bits per heavy atom. The highest BCUT2D eigenvalue weighted by Gasteiger charge is 2.23. The van der Waals surface area contributed by atoms with Gasteiger partial charge in [-0.15, -0.1) is 0 Å². The zero-order chi connectivity index (χ0) is 12.6. The summed E-state index contributed by atoms with van der Waals surface area (Å²) >= 11 is 0. The van der Waals surface area contributed by atoms with E-state index < -0.39 is 11.4 Å². The molecule has 0 bridgehead atoms. The third kappa shape index (κ3) is 2.01. The van der Waals surface area contributed by atoms with Gasteiger partial charge in [-0.25, -0.2) is 9.78 Å². The van der Waals surface area contributed by atoms with Gasteiger partial charge in [0.05, 0.1) is 23.2 Å². The number of hydrogen-bond acceptors (Lipinski definition) is 3. The molecule has 0 unspecified atom stereocenters. The topological polar surface area (TPSA) is 86.2 Å². The molecule has 1 heterocycles. The van der Waals surface area contributed by atoms with Crippen molar-refractivity contribution in [2.75, 3.05) is 6.61 Å². The van der Waals surface area contributed by atoms with Gasteiger partial charge >= 0.3 is 5.97 Å². The molecule has 90 valence electrons. The van der Waals surface area contributed by atoms with Crippen LogP contribution in [0.5, 0.6) is 0 Å². The van der Waals surface area contributed by atoms with Gasteiger partial charge in [0, 0.05) is 5.41 Å². The molecule has 0 aliphatic rings. The first kappa shape index (κ1) is 11.6. The van der Waals surface area contributed by atoms with Gasteiger partial charge in [-0.2, -0.15) is 0 Å². The van der Waals surface area contributed by atoms with Crippen molar-refractivity contribution in [1.82, 2.24) is 9.97 Å². The van der Waals surface area contributed by atoms with Crippen molar-refractivity contribution in [3.8, 4) is 0 Å². The maximum absolute atomic E-state index is 10.8. The fourth-order valence-electron chi connectivity index (χ4n) is 1.54. The number of aliphatic hydroxyl groups is 1. The summed E-state index contributed by atoms with van der Waals surface area (Å²) in [6, 6.07) is 4.72. The van der Waals surface area contributed by atoms with Crippen molar-refractivity contribution >= 4 is 17.0 Å². The van der Waals surface area contributed by atoms with Crippen molar-refractivity contribution in [3.05, 3.63) is 29.6 Å². The Hall–Kier alpha value is -1.88. The molecule has 2 rings (SSSR count). The molecule has 0 spiro atoms. The molecule has 0 aliphatic carbocycles. The van der Waals surface area contributed by atoms with E-state index in [4.69, 9.17) is 5.11 Å². The number of aromatic carboxylic acids is 1. The van der Waals surface area contributed by atoms with Gasteiger partial charge < -0.3 is 15.2 Å². The third-order valence-electron chi connectivity index (χ3n) is 2.77. The van der Waals surface area contributed by atoms with E-state index in [0.717, 1.165) is 0 Å². The summed E-state index contributed by atoms with van der Waals surface area (Å²) in [7, 11) is 0. The lowest BCUT2D eigenvalue weighted by Gasteiger charge is -2.17. The fraction of sp³-hybridized carbons (Fsp3) is 0.333. The Kier molecular flexibility index (Phi) is 2.63. The van der Waals surface area contributed by atoms with Crippen molar-refractivity contribution in [2.45, 2.75) is 19.3 Å². The molecule has 0 amide bonds. The number of H-pyrrole nitrogens is 1. The quantitative estimate of drug-likeness (QED) is 0.751. The van der Waals surface area contributed by atoms with E-state index in [-0.39, 0.29) is 12.2 Å². The number of carboxylic acid groups (broad SMARTS) is 1. The molecule has 17 heavy (non-hydrogen) atoms. The molecule has 2 aromatic rings. The van der Waals surface area contributed by atoms with E-state index in [1.54, 1.807) is 12.1 Å². The molecule has 0 radical (unpaired) electrons. The van der Waals surface area contributed by atoms with Gasteiger partial charge in [-0.3, -0.25) is 0 Å². The molecule has 0 saturated heterocycles. The van der Waals surface area contributed by atoms with Crippen LogP contribution in [0.4, 0.5) is 0 Å². The molecular weight excluding hydrogens is 220 g/mol. The minimum absolute atomic E-state index is 0.0292. The average Bonchev–Trinajstić information content (AvgIpc) is 2.72. The number of carboxylic acids is 1. The Labute approximate surface area is 98.1 Å². The van der Waals surface area contributed by atoms with Crippen LogP contribution in [0, 0.1) is 0 Å². The largest absolute Gasteiger partial charge is 0.478 e. The second-order valence-corrected chi connectivity index (χ2v) is 4.66. The summed E-state index contributed by atoms with van der Waals surface area (Å²) in [4.78, 5) is 18.2. The second-order valence-electron chi connectivity index (χ2n) is 4.66. The SMILES string of the molecule is CC(C)(CO)c1nc2ccc(C(=O)O)cc2[nH]1. The van der Waals surface area contributed by atoms with Crippen LogP contribution in [-0.2, 0) is 5.41 Å². The maximum atomic E-state index is 10.8. The Morgan fingerprint density at radius 1 is 1.47 bits per heavy atom. The normalized spacial score (nSPS) is 11.9. The number of aromatic amines is 1. The molecule has 3 N–H and O–H groups in total. The lowest BCUT2D eigenvalue weighted by atomic mass is 9.94. The Morgan fingerprint density at radius 2 is 2.18 bits per heavy atom. The summed E-state index contributed by atoms with van der Waals surface area (Å²) in [5, 5.41) is 18.1. The molecular formula is C12H14N2O3. The number of aliphatic hydroxyl groups excluding tert-OH is 1. The zero-order valence-electron chi connectivity index (χ0n) is 9.69. The fourth-order valence-corrected chi connectivity index (χ4v) is 1.54. The van der Waals surface area contributed by atoms with Gasteiger partial charge in [0.2, 0.25) is 0 Å². The lowest BCUT2D eigenvalue weighted by molar-refractivity contribution is 0.0697. The van der Waals surface area contributed by atoms with E-state index in [1.165, 1.54) is 6.07 Å². The van der Waals surface area contributed by atoms with E-state index in [2.05, 4.69) is 9.97 Å². The number of carbonyl (C=O) groups is 1.